The van der Waals surface area contributed by atoms with E-state index in [9.17, 15) is 44.9 Å². The molecule has 0 radical (unpaired) electrons. The fraction of sp³-hybridized carbons (Fsp3) is 0.636. The van der Waals surface area contributed by atoms with E-state index >= 15 is 0 Å². The molecule has 4 aliphatic rings. The normalized spacial score (nSPS) is 34.3. The number of hydrogen-bond acceptors (Lipinski definition) is 12. The summed E-state index contributed by atoms with van der Waals surface area (Å²) < 4.78 is 4.78. The van der Waals surface area contributed by atoms with Crippen LogP contribution in [0.4, 0.5) is 5.69 Å². The fourth-order valence-corrected chi connectivity index (χ4v) is 9.19. The Bertz CT molecular complexity index is 1510. The predicted octanol–water partition coefficient (Wildman–Crippen LogP) is 2.10. The number of fused-ring (bicyclic) bond motifs is 5. The molecule has 0 heterocycles. The number of phenols is 1. The molecule has 5 rings (SSSR count). The van der Waals surface area contributed by atoms with Gasteiger partial charge in [-0.2, -0.15) is 0 Å². The van der Waals surface area contributed by atoms with Gasteiger partial charge in [-0.05, 0) is 85.8 Å². The molecule has 3 saturated carbocycles. The van der Waals surface area contributed by atoms with Crippen LogP contribution in [0.3, 0.4) is 0 Å². The van der Waals surface area contributed by atoms with Gasteiger partial charge in [-0.25, -0.2) is 4.79 Å². The molecule has 0 bridgehead atoms. The number of allylic oxidation sites excluding steroid dienone is 2. The number of aliphatic hydroxyl groups is 3. The van der Waals surface area contributed by atoms with Gasteiger partial charge in [-0.15, -0.1) is 0 Å². The standard InChI is InChI=1S/C33H43N3O11/c1-31-10-8-20(35-47-17-28(41)34-23(30(42)46-3)12-18-4-7-25(38)24(13-18)36(44)45)14-19(31)5-6-21-22-9-11-33(43,27(40)16-37)32(22,2)15-26(39)29(21)31/h4,7,13-14,21-23,26,29,37-39,43H,5-6,8-12,15-17H2,1-3H3,(H,34,41)/b35-20+/t21-,22-,23+,26+,29+,31-,32-,33-/m0/s1. The number of methoxy groups -OCH3 is 1. The summed E-state index contributed by atoms with van der Waals surface area (Å²) in [5, 5.41) is 60.1. The number of oxime groups is 1. The highest BCUT2D eigenvalue weighted by Gasteiger charge is 2.68. The van der Waals surface area contributed by atoms with Crippen molar-refractivity contribution in [3.63, 3.8) is 0 Å². The Morgan fingerprint density at radius 2 is 1.94 bits per heavy atom. The van der Waals surface area contributed by atoms with Gasteiger partial charge in [0, 0.05) is 17.9 Å². The number of Topliss-reactive ketones (excluding diaryl/α,β-unsaturated/α-hetero) is 1. The fourth-order valence-electron chi connectivity index (χ4n) is 9.19. The first-order chi connectivity index (χ1) is 22.2. The lowest BCUT2D eigenvalue weighted by molar-refractivity contribution is -0.385. The second-order valence-corrected chi connectivity index (χ2v) is 13.9. The number of nitro groups is 1. The van der Waals surface area contributed by atoms with Crippen LogP contribution in [0.25, 0.3) is 0 Å². The van der Waals surface area contributed by atoms with E-state index < -0.39 is 70.4 Å². The first-order valence-electron chi connectivity index (χ1n) is 16.0. The van der Waals surface area contributed by atoms with Gasteiger partial charge < -0.3 is 35.3 Å². The molecule has 1 aromatic carbocycles. The van der Waals surface area contributed by atoms with E-state index in [1.807, 2.05) is 13.0 Å². The Labute approximate surface area is 272 Å². The molecule has 1 amide bonds. The van der Waals surface area contributed by atoms with Crippen LogP contribution in [0.1, 0.15) is 64.4 Å². The largest absolute Gasteiger partial charge is 0.502 e. The van der Waals surface area contributed by atoms with Crippen LogP contribution in [0.15, 0.2) is 35.0 Å². The average Bonchev–Trinajstić information content (AvgIpc) is 3.30. The molecule has 5 N–H and O–H groups in total. The zero-order valence-corrected chi connectivity index (χ0v) is 26.8. The number of esters is 1. The van der Waals surface area contributed by atoms with Gasteiger partial charge in [0.15, 0.2) is 18.1 Å². The monoisotopic (exact) mass is 657 g/mol. The number of ether oxygens (including phenoxy) is 1. The van der Waals surface area contributed by atoms with Gasteiger partial charge in [-0.3, -0.25) is 19.7 Å². The molecular formula is C33H43N3O11. The van der Waals surface area contributed by atoms with Crippen molar-refractivity contribution < 1.29 is 49.3 Å². The molecule has 0 spiro atoms. The SMILES string of the molecule is COC(=O)[C@@H](Cc1ccc(O)c([N+](=O)[O-])c1)NC(=O)CO/N=C1/C=C2CC[C@@H]3[C@H]([C@H](O)C[C@@]4(C)[C@H]3CC[C@]4(O)C(=O)CO)[C@@]2(C)CC1. The first kappa shape index (κ1) is 34.5. The zero-order valence-electron chi connectivity index (χ0n) is 26.8. The number of nitro benzene ring substituents is 1. The summed E-state index contributed by atoms with van der Waals surface area (Å²) in [5.41, 5.74) is -1.20. The van der Waals surface area contributed by atoms with Crippen molar-refractivity contribution in [1.82, 2.24) is 5.32 Å². The third-order valence-corrected chi connectivity index (χ3v) is 11.5. The molecule has 256 valence electrons. The lowest BCUT2D eigenvalue weighted by atomic mass is 9.45. The molecule has 14 heteroatoms. The predicted molar refractivity (Wildman–Crippen MR) is 166 cm³/mol. The van der Waals surface area contributed by atoms with Crippen LogP contribution in [0.2, 0.25) is 0 Å². The van der Waals surface area contributed by atoms with Crippen molar-refractivity contribution in [2.75, 3.05) is 20.3 Å². The van der Waals surface area contributed by atoms with E-state index in [1.165, 1.54) is 6.07 Å². The van der Waals surface area contributed by atoms with Crippen molar-refractivity contribution in [2.45, 2.75) is 83.0 Å². The number of amides is 1. The summed E-state index contributed by atoms with van der Waals surface area (Å²) in [4.78, 5) is 53.4. The average molecular weight is 658 g/mol. The van der Waals surface area contributed by atoms with Crippen LogP contribution >= 0.6 is 0 Å². The van der Waals surface area contributed by atoms with E-state index in [0.29, 0.717) is 30.5 Å². The summed E-state index contributed by atoms with van der Waals surface area (Å²) in [6, 6.07) is 2.50. The Morgan fingerprint density at radius 1 is 1.19 bits per heavy atom. The third-order valence-electron chi connectivity index (χ3n) is 11.5. The van der Waals surface area contributed by atoms with E-state index in [0.717, 1.165) is 37.7 Å². The van der Waals surface area contributed by atoms with Crippen LogP contribution in [0.5, 0.6) is 5.75 Å². The molecule has 47 heavy (non-hydrogen) atoms. The number of nitrogens with one attached hydrogen (secondary N) is 1. The topological polar surface area (TPSA) is 218 Å². The molecule has 0 saturated heterocycles. The van der Waals surface area contributed by atoms with E-state index in [1.54, 1.807) is 0 Å². The second kappa shape index (κ2) is 13.0. The summed E-state index contributed by atoms with van der Waals surface area (Å²) in [5.74, 6) is -2.42. The number of benzene rings is 1. The highest BCUT2D eigenvalue weighted by atomic mass is 16.6. The minimum atomic E-state index is -1.64. The van der Waals surface area contributed by atoms with Gasteiger partial charge in [0.25, 0.3) is 5.91 Å². The van der Waals surface area contributed by atoms with E-state index in [-0.39, 0.29) is 42.4 Å². The quantitative estimate of drug-likeness (QED) is 0.139. The van der Waals surface area contributed by atoms with Gasteiger partial charge in [0.05, 0.1) is 23.8 Å². The Balaban J connectivity index is 1.23. The number of phenolic OH excluding ortho intramolecular Hbond substituents is 1. The Kier molecular flexibility index (Phi) is 9.50. The number of aliphatic hydroxyl groups excluding tert-OH is 2. The summed E-state index contributed by atoms with van der Waals surface area (Å²) in [7, 11) is 1.15. The zero-order chi connectivity index (χ0) is 34.3. The Morgan fingerprint density at radius 3 is 2.62 bits per heavy atom. The summed E-state index contributed by atoms with van der Waals surface area (Å²) in [6.45, 7) is 2.82. The van der Waals surface area contributed by atoms with Crippen molar-refractivity contribution >= 4 is 29.1 Å². The smallest absolute Gasteiger partial charge is 0.328 e. The highest BCUT2D eigenvalue weighted by Crippen LogP contribution is 2.67. The van der Waals surface area contributed by atoms with Crippen molar-refractivity contribution in [1.29, 1.82) is 0 Å². The number of carbonyl (C=O) groups excluding carboxylic acids is 3. The number of rotatable bonds is 10. The van der Waals surface area contributed by atoms with Crippen LogP contribution in [0, 0.1) is 38.7 Å². The molecule has 3 fully saturated rings. The lowest BCUT2D eigenvalue weighted by Gasteiger charge is -2.60. The van der Waals surface area contributed by atoms with Gasteiger partial charge in [0.2, 0.25) is 0 Å². The third kappa shape index (κ3) is 6.02. The van der Waals surface area contributed by atoms with Crippen LogP contribution < -0.4 is 5.32 Å². The molecule has 4 aliphatic carbocycles. The second-order valence-electron chi connectivity index (χ2n) is 13.9. The number of hydrogen-bond donors (Lipinski definition) is 5. The van der Waals surface area contributed by atoms with E-state index in [2.05, 4.69) is 17.4 Å². The molecule has 14 nitrogen and oxygen atoms in total. The van der Waals surface area contributed by atoms with Crippen LogP contribution in [-0.4, -0.2) is 86.8 Å². The number of nitrogens with zero attached hydrogens (tertiary/aromatic N) is 2. The minimum absolute atomic E-state index is 0.0460. The van der Waals surface area contributed by atoms with E-state index in [4.69, 9.17) is 9.57 Å². The number of carbonyl (C=O) groups is 3. The van der Waals surface area contributed by atoms with Gasteiger partial charge in [0.1, 0.15) is 18.2 Å². The maximum absolute atomic E-state index is 12.7. The number of aromatic hydroxyl groups is 1. The van der Waals surface area contributed by atoms with Crippen molar-refractivity contribution in [3.8, 4) is 5.75 Å². The minimum Gasteiger partial charge on any atom is -0.502 e. The summed E-state index contributed by atoms with van der Waals surface area (Å²) in [6.07, 6.45) is 5.09. The molecule has 0 aromatic heterocycles. The summed E-state index contributed by atoms with van der Waals surface area (Å²) >= 11 is 0. The maximum atomic E-state index is 12.7. The van der Waals surface area contributed by atoms with Crippen molar-refractivity contribution in [2.24, 2.45) is 33.7 Å². The molecule has 8 atom stereocenters. The molecule has 1 aromatic rings. The molecule has 0 unspecified atom stereocenters. The highest BCUT2D eigenvalue weighted by molar-refractivity contribution is 5.96. The number of ketones is 1. The molecular weight excluding hydrogens is 614 g/mol. The van der Waals surface area contributed by atoms with Gasteiger partial charge in [-0.1, -0.05) is 30.6 Å². The molecule has 0 aliphatic heterocycles. The Hall–Kier alpha value is -3.88. The lowest BCUT2D eigenvalue weighted by Crippen LogP contribution is -2.62. The maximum Gasteiger partial charge on any atom is 0.328 e. The van der Waals surface area contributed by atoms with Gasteiger partial charge >= 0.3 is 11.7 Å². The van der Waals surface area contributed by atoms with Crippen molar-refractivity contribution in [3.05, 3.63) is 45.5 Å². The first-order valence-corrected chi connectivity index (χ1v) is 16.0. The van der Waals surface area contributed by atoms with Crippen LogP contribution in [-0.2, 0) is 30.4 Å².